The van der Waals surface area contributed by atoms with Crippen LogP contribution in [0, 0.1) is 11.8 Å². The SMILES string of the molecule is CC(C)C(CN)CNCc1nc2ccccc2s1. The quantitative estimate of drug-likeness (QED) is 0.842. The summed E-state index contributed by atoms with van der Waals surface area (Å²) in [5.74, 6) is 1.16. The lowest BCUT2D eigenvalue weighted by Crippen LogP contribution is -2.31. The van der Waals surface area contributed by atoms with Crippen LogP contribution in [-0.2, 0) is 6.54 Å². The summed E-state index contributed by atoms with van der Waals surface area (Å²) in [6, 6.07) is 8.27. The second-order valence-corrected chi connectivity index (χ2v) is 6.06. The van der Waals surface area contributed by atoms with Gasteiger partial charge in [0.25, 0.3) is 0 Å². The number of hydrogen-bond donors (Lipinski definition) is 2. The first-order valence-corrected chi connectivity index (χ1v) is 7.27. The Morgan fingerprint density at radius 2 is 2.11 bits per heavy atom. The van der Waals surface area contributed by atoms with Crippen molar-refractivity contribution in [2.24, 2.45) is 17.6 Å². The third-order valence-corrected chi connectivity index (χ3v) is 4.30. The molecule has 0 aliphatic carbocycles. The van der Waals surface area contributed by atoms with Crippen LogP contribution in [0.5, 0.6) is 0 Å². The first-order valence-electron chi connectivity index (χ1n) is 6.46. The van der Waals surface area contributed by atoms with Gasteiger partial charge >= 0.3 is 0 Å². The van der Waals surface area contributed by atoms with Crippen LogP contribution in [0.25, 0.3) is 10.2 Å². The van der Waals surface area contributed by atoms with Crippen molar-refractivity contribution in [1.82, 2.24) is 10.3 Å². The second-order valence-electron chi connectivity index (χ2n) is 4.95. The van der Waals surface area contributed by atoms with E-state index in [0.29, 0.717) is 11.8 Å². The van der Waals surface area contributed by atoms with Crippen molar-refractivity contribution in [3.8, 4) is 0 Å². The number of hydrogen-bond acceptors (Lipinski definition) is 4. The molecule has 4 heteroatoms. The summed E-state index contributed by atoms with van der Waals surface area (Å²) in [5.41, 5.74) is 6.86. The van der Waals surface area contributed by atoms with Crippen LogP contribution in [0.15, 0.2) is 24.3 Å². The lowest BCUT2D eigenvalue weighted by atomic mass is 9.96. The largest absolute Gasteiger partial charge is 0.330 e. The van der Waals surface area contributed by atoms with Gasteiger partial charge in [0.2, 0.25) is 0 Å². The van der Waals surface area contributed by atoms with Gasteiger partial charge in [-0.15, -0.1) is 11.3 Å². The van der Waals surface area contributed by atoms with E-state index in [9.17, 15) is 0 Å². The van der Waals surface area contributed by atoms with Gasteiger partial charge in [0.1, 0.15) is 5.01 Å². The number of fused-ring (bicyclic) bond motifs is 1. The molecule has 0 fully saturated rings. The Kier molecular flexibility index (Phi) is 4.69. The zero-order chi connectivity index (χ0) is 13.0. The molecule has 18 heavy (non-hydrogen) atoms. The molecule has 0 radical (unpaired) electrons. The zero-order valence-electron chi connectivity index (χ0n) is 11.0. The van der Waals surface area contributed by atoms with E-state index in [0.717, 1.165) is 30.2 Å². The lowest BCUT2D eigenvalue weighted by molar-refractivity contribution is 0.370. The minimum atomic E-state index is 0.541. The fourth-order valence-electron chi connectivity index (χ4n) is 1.95. The highest BCUT2D eigenvalue weighted by Crippen LogP contribution is 2.21. The summed E-state index contributed by atoms with van der Waals surface area (Å²) < 4.78 is 1.26. The minimum absolute atomic E-state index is 0.541. The van der Waals surface area contributed by atoms with Crippen LogP contribution < -0.4 is 11.1 Å². The normalized spacial score (nSPS) is 13.3. The van der Waals surface area contributed by atoms with E-state index in [1.807, 2.05) is 6.07 Å². The standard InChI is InChI=1S/C14H21N3S/c1-10(2)11(7-15)8-16-9-14-17-12-5-3-4-6-13(12)18-14/h3-6,10-11,16H,7-9,15H2,1-2H3. The molecule has 1 atom stereocenters. The molecule has 1 heterocycles. The summed E-state index contributed by atoms with van der Waals surface area (Å²) in [5, 5.41) is 4.61. The third-order valence-electron chi connectivity index (χ3n) is 3.27. The van der Waals surface area contributed by atoms with Gasteiger partial charge in [0.15, 0.2) is 0 Å². The van der Waals surface area contributed by atoms with E-state index in [-0.39, 0.29) is 0 Å². The summed E-state index contributed by atoms with van der Waals surface area (Å²) in [4.78, 5) is 4.61. The number of thiazole rings is 1. The predicted octanol–water partition coefficient (Wildman–Crippen LogP) is 2.62. The summed E-state index contributed by atoms with van der Waals surface area (Å²) in [6.07, 6.45) is 0. The summed E-state index contributed by atoms with van der Waals surface area (Å²) >= 11 is 1.76. The molecule has 0 aliphatic rings. The maximum Gasteiger partial charge on any atom is 0.108 e. The molecule has 0 aliphatic heterocycles. The second kappa shape index (κ2) is 6.27. The zero-order valence-corrected chi connectivity index (χ0v) is 11.8. The van der Waals surface area contributed by atoms with Crippen molar-refractivity contribution in [2.45, 2.75) is 20.4 Å². The maximum atomic E-state index is 5.76. The number of nitrogens with two attached hydrogens (primary N) is 1. The molecule has 2 rings (SSSR count). The van der Waals surface area contributed by atoms with Crippen LogP contribution >= 0.6 is 11.3 Å². The van der Waals surface area contributed by atoms with Gasteiger partial charge in [-0.2, -0.15) is 0 Å². The number of benzene rings is 1. The highest BCUT2D eigenvalue weighted by atomic mass is 32.1. The van der Waals surface area contributed by atoms with Gasteiger partial charge in [-0.25, -0.2) is 4.98 Å². The molecule has 0 amide bonds. The van der Waals surface area contributed by atoms with Gasteiger partial charge in [0.05, 0.1) is 10.2 Å². The fourth-order valence-corrected chi connectivity index (χ4v) is 2.89. The molecule has 1 aromatic heterocycles. The Balaban J connectivity index is 1.90. The maximum absolute atomic E-state index is 5.76. The highest BCUT2D eigenvalue weighted by Gasteiger charge is 2.11. The molecule has 2 aromatic rings. The topological polar surface area (TPSA) is 50.9 Å². The molecular formula is C14H21N3S. The number of nitrogens with zero attached hydrogens (tertiary/aromatic N) is 1. The van der Waals surface area contributed by atoms with Gasteiger partial charge < -0.3 is 11.1 Å². The van der Waals surface area contributed by atoms with Crippen molar-refractivity contribution in [3.63, 3.8) is 0 Å². The predicted molar refractivity (Wildman–Crippen MR) is 78.7 cm³/mol. The molecule has 0 saturated carbocycles. The van der Waals surface area contributed by atoms with Crippen LogP contribution in [0.2, 0.25) is 0 Å². The monoisotopic (exact) mass is 263 g/mol. The number of rotatable bonds is 6. The van der Waals surface area contributed by atoms with E-state index >= 15 is 0 Å². The number of aromatic nitrogens is 1. The molecule has 1 unspecified atom stereocenters. The highest BCUT2D eigenvalue weighted by molar-refractivity contribution is 7.18. The fraction of sp³-hybridized carbons (Fsp3) is 0.500. The smallest absolute Gasteiger partial charge is 0.108 e. The lowest BCUT2D eigenvalue weighted by Gasteiger charge is -2.18. The summed E-state index contributed by atoms with van der Waals surface area (Å²) in [6.45, 7) is 6.98. The Morgan fingerprint density at radius 3 is 2.78 bits per heavy atom. The van der Waals surface area contributed by atoms with E-state index in [2.05, 4.69) is 42.3 Å². The molecule has 3 N–H and O–H groups in total. The van der Waals surface area contributed by atoms with E-state index in [4.69, 9.17) is 5.73 Å². The molecular weight excluding hydrogens is 242 g/mol. The Labute approximate surface area is 112 Å². The third kappa shape index (κ3) is 3.28. The molecule has 0 spiro atoms. The van der Waals surface area contributed by atoms with Gasteiger partial charge in [-0.1, -0.05) is 26.0 Å². The van der Waals surface area contributed by atoms with Gasteiger partial charge in [-0.05, 0) is 37.1 Å². The Bertz CT molecular complexity index is 459. The number of para-hydroxylation sites is 1. The number of nitrogens with one attached hydrogen (secondary N) is 1. The molecule has 0 saturated heterocycles. The van der Waals surface area contributed by atoms with Crippen molar-refractivity contribution in [3.05, 3.63) is 29.3 Å². The van der Waals surface area contributed by atoms with Crippen LogP contribution in [-0.4, -0.2) is 18.1 Å². The molecule has 0 bridgehead atoms. The first-order chi connectivity index (χ1) is 8.70. The van der Waals surface area contributed by atoms with E-state index in [1.165, 1.54) is 4.70 Å². The Hall–Kier alpha value is -0.970. The minimum Gasteiger partial charge on any atom is -0.330 e. The molecule has 98 valence electrons. The van der Waals surface area contributed by atoms with E-state index < -0.39 is 0 Å². The van der Waals surface area contributed by atoms with Crippen LogP contribution in [0.4, 0.5) is 0 Å². The van der Waals surface area contributed by atoms with Gasteiger partial charge in [0, 0.05) is 6.54 Å². The average Bonchev–Trinajstić information content (AvgIpc) is 2.76. The van der Waals surface area contributed by atoms with Crippen molar-refractivity contribution < 1.29 is 0 Å². The molecule has 3 nitrogen and oxygen atoms in total. The summed E-state index contributed by atoms with van der Waals surface area (Å²) in [7, 11) is 0. The first kappa shape index (κ1) is 13.5. The van der Waals surface area contributed by atoms with Gasteiger partial charge in [-0.3, -0.25) is 0 Å². The van der Waals surface area contributed by atoms with Crippen molar-refractivity contribution in [2.75, 3.05) is 13.1 Å². The molecule has 1 aromatic carbocycles. The average molecular weight is 263 g/mol. The van der Waals surface area contributed by atoms with Crippen molar-refractivity contribution in [1.29, 1.82) is 0 Å². The van der Waals surface area contributed by atoms with Crippen LogP contribution in [0.1, 0.15) is 18.9 Å². The van der Waals surface area contributed by atoms with Crippen LogP contribution in [0.3, 0.4) is 0 Å². The van der Waals surface area contributed by atoms with E-state index in [1.54, 1.807) is 11.3 Å². The van der Waals surface area contributed by atoms with Crippen molar-refractivity contribution >= 4 is 21.6 Å². The Morgan fingerprint density at radius 1 is 1.33 bits per heavy atom.